The first-order valence-electron chi connectivity index (χ1n) is 9.97. The van der Waals surface area contributed by atoms with E-state index in [1.54, 1.807) is 19.9 Å². The molecule has 0 aromatic rings. The van der Waals surface area contributed by atoms with Gasteiger partial charge in [0.15, 0.2) is 0 Å². The lowest BCUT2D eigenvalue weighted by Gasteiger charge is -2.29. The van der Waals surface area contributed by atoms with E-state index >= 15 is 0 Å². The molecule has 30 heavy (non-hydrogen) atoms. The van der Waals surface area contributed by atoms with E-state index in [0.717, 1.165) is 5.57 Å². The maximum Gasteiger partial charge on any atom is 0.334 e. The van der Waals surface area contributed by atoms with E-state index in [2.05, 4.69) is 6.58 Å². The van der Waals surface area contributed by atoms with E-state index in [9.17, 15) is 14.4 Å². The summed E-state index contributed by atoms with van der Waals surface area (Å²) in [6.07, 6.45) is 1.75. The lowest BCUT2D eigenvalue weighted by molar-refractivity contribution is -0.149. The Kier molecular flexibility index (Phi) is 6.19. The molecule has 3 aliphatic rings. The van der Waals surface area contributed by atoms with Crippen LogP contribution in [0.15, 0.2) is 35.5 Å². The predicted octanol–water partition coefficient (Wildman–Crippen LogP) is 1.76. The highest BCUT2D eigenvalue weighted by molar-refractivity contribution is 5.92. The first kappa shape index (κ1) is 22.2. The fraction of sp³-hybridized carbons (Fsp3) is 0.591. The van der Waals surface area contributed by atoms with Gasteiger partial charge in [0.1, 0.15) is 18.3 Å². The van der Waals surface area contributed by atoms with Crippen molar-refractivity contribution in [2.24, 2.45) is 5.92 Å². The molecule has 1 aliphatic carbocycles. The van der Waals surface area contributed by atoms with Gasteiger partial charge in [0.2, 0.25) is 0 Å². The highest BCUT2D eigenvalue weighted by Crippen LogP contribution is 2.48. The average molecular weight is 420 g/mol. The Morgan fingerprint density at radius 1 is 1.37 bits per heavy atom. The summed E-state index contributed by atoms with van der Waals surface area (Å²) in [5, 5.41) is 9.05. The van der Waals surface area contributed by atoms with Crippen LogP contribution in [0.2, 0.25) is 0 Å². The van der Waals surface area contributed by atoms with E-state index in [1.165, 1.54) is 13.0 Å². The molecule has 2 heterocycles. The highest BCUT2D eigenvalue weighted by atomic mass is 16.6. The van der Waals surface area contributed by atoms with Crippen LogP contribution in [0, 0.1) is 5.92 Å². The number of aliphatic hydroxyl groups is 1. The molecular weight excluding hydrogens is 392 g/mol. The van der Waals surface area contributed by atoms with Crippen molar-refractivity contribution >= 4 is 17.9 Å². The van der Waals surface area contributed by atoms with Gasteiger partial charge in [0, 0.05) is 30.9 Å². The van der Waals surface area contributed by atoms with Crippen LogP contribution in [0.4, 0.5) is 0 Å². The van der Waals surface area contributed by atoms with Crippen LogP contribution in [0.3, 0.4) is 0 Å². The van der Waals surface area contributed by atoms with E-state index < -0.39 is 47.7 Å². The Labute approximate surface area is 175 Å². The van der Waals surface area contributed by atoms with Crippen molar-refractivity contribution < 1.29 is 38.4 Å². The third kappa shape index (κ3) is 4.49. The molecule has 2 saturated heterocycles. The molecule has 8 heteroatoms. The molecule has 8 nitrogen and oxygen atoms in total. The molecule has 1 N–H and O–H groups in total. The van der Waals surface area contributed by atoms with E-state index in [-0.39, 0.29) is 23.9 Å². The van der Waals surface area contributed by atoms with E-state index in [1.807, 2.05) is 6.92 Å². The molecule has 0 unspecified atom stereocenters. The molecule has 2 fully saturated rings. The zero-order valence-corrected chi connectivity index (χ0v) is 17.7. The van der Waals surface area contributed by atoms with Gasteiger partial charge in [-0.2, -0.15) is 0 Å². The fourth-order valence-corrected chi connectivity index (χ4v) is 4.13. The number of esters is 3. The van der Waals surface area contributed by atoms with Crippen molar-refractivity contribution in [3.8, 4) is 0 Å². The average Bonchev–Trinajstić information content (AvgIpc) is 3.18. The van der Waals surface area contributed by atoms with Crippen LogP contribution >= 0.6 is 0 Å². The van der Waals surface area contributed by atoms with Crippen LogP contribution < -0.4 is 0 Å². The lowest BCUT2D eigenvalue weighted by atomic mass is 9.82. The number of hydrogen-bond acceptors (Lipinski definition) is 8. The molecule has 0 amide bonds. The second kappa shape index (κ2) is 8.35. The van der Waals surface area contributed by atoms with Gasteiger partial charge >= 0.3 is 17.9 Å². The molecule has 0 aromatic heterocycles. The van der Waals surface area contributed by atoms with Gasteiger partial charge in [0.25, 0.3) is 0 Å². The number of rotatable bonds is 4. The summed E-state index contributed by atoms with van der Waals surface area (Å²) in [4.78, 5) is 36.4. The monoisotopic (exact) mass is 420 g/mol. The maximum atomic E-state index is 12.5. The summed E-state index contributed by atoms with van der Waals surface area (Å²) < 4.78 is 22.6. The minimum atomic E-state index is -0.715. The number of carbonyl (C=O) groups is 3. The van der Waals surface area contributed by atoms with Gasteiger partial charge in [-0.25, -0.2) is 9.59 Å². The second-order valence-corrected chi connectivity index (χ2v) is 8.30. The topological polar surface area (TPSA) is 112 Å². The maximum absolute atomic E-state index is 12.5. The molecule has 0 spiro atoms. The Balaban J connectivity index is 1.97. The Hall–Kier alpha value is -2.45. The smallest absolute Gasteiger partial charge is 0.334 e. The number of hydrogen-bond donors (Lipinski definition) is 1. The van der Waals surface area contributed by atoms with Crippen molar-refractivity contribution in [2.75, 3.05) is 6.61 Å². The Bertz CT molecular complexity index is 825. The molecule has 0 saturated carbocycles. The highest BCUT2D eigenvalue weighted by Gasteiger charge is 2.58. The number of epoxide rings is 1. The molecular formula is C22H28O8. The molecule has 2 aliphatic heterocycles. The number of carbonyl (C=O) groups excluding carboxylic acids is 3. The summed E-state index contributed by atoms with van der Waals surface area (Å²) in [6.45, 7) is 10.2. The van der Waals surface area contributed by atoms with E-state index in [4.69, 9.17) is 24.1 Å². The Morgan fingerprint density at radius 3 is 2.70 bits per heavy atom. The third-order valence-corrected chi connectivity index (χ3v) is 5.95. The van der Waals surface area contributed by atoms with Crippen LogP contribution in [0.1, 0.15) is 40.5 Å². The van der Waals surface area contributed by atoms with Gasteiger partial charge in [-0.3, -0.25) is 4.79 Å². The van der Waals surface area contributed by atoms with Crippen LogP contribution in [-0.2, 0) is 33.3 Å². The first-order valence-corrected chi connectivity index (χ1v) is 9.97. The van der Waals surface area contributed by atoms with Crippen LogP contribution in [0.25, 0.3) is 0 Å². The SMILES string of the molecule is C=C1C(=O)O[C@H]2/C=C(/C)[C@@H](OC(C)=O)C[C@H]3O[C@@]3(C)C[C@@H](OC(=O)/C(C)=C/CO)[C@H]12. The molecule has 0 bridgehead atoms. The van der Waals surface area contributed by atoms with Crippen LogP contribution in [-0.4, -0.2) is 59.6 Å². The van der Waals surface area contributed by atoms with Crippen molar-refractivity contribution in [2.45, 2.75) is 70.6 Å². The second-order valence-electron chi connectivity index (χ2n) is 8.30. The predicted molar refractivity (Wildman–Crippen MR) is 105 cm³/mol. The van der Waals surface area contributed by atoms with E-state index in [0.29, 0.717) is 12.8 Å². The summed E-state index contributed by atoms with van der Waals surface area (Å²) in [6, 6.07) is 0. The number of ether oxygens (including phenoxy) is 4. The normalized spacial score (nSPS) is 37.8. The van der Waals surface area contributed by atoms with Gasteiger partial charge in [-0.1, -0.05) is 6.58 Å². The van der Waals surface area contributed by atoms with Gasteiger partial charge < -0.3 is 24.1 Å². The first-order chi connectivity index (χ1) is 14.1. The van der Waals surface area contributed by atoms with Gasteiger partial charge in [0.05, 0.1) is 24.2 Å². The standard InChI is InChI=1S/C22H28O8/c1-11(6-7-23)20(25)29-17-10-22(5)18(30-22)9-15(27-14(4)24)12(2)8-16-19(17)13(3)21(26)28-16/h6,8,15-19,23H,3,7,9-10H2,1-2,4-5H3/b11-6+,12-8-/t15-,16-,17+,18+,19+,22-/m0/s1. The fourth-order valence-electron chi connectivity index (χ4n) is 4.13. The summed E-state index contributed by atoms with van der Waals surface area (Å²) in [5.41, 5.74) is 0.605. The molecule has 0 radical (unpaired) electrons. The minimum absolute atomic E-state index is 0.191. The molecule has 3 rings (SSSR count). The largest absolute Gasteiger partial charge is 0.458 e. The molecule has 0 aromatic carbocycles. The number of aliphatic hydroxyl groups excluding tert-OH is 1. The van der Waals surface area contributed by atoms with Crippen LogP contribution in [0.5, 0.6) is 0 Å². The quantitative estimate of drug-likeness (QED) is 0.241. The minimum Gasteiger partial charge on any atom is -0.458 e. The Morgan fingerprint density at radius 2 is 2.07 bits per heavy atom. The lowest BCUT2D eigenvalue weighted by Crippen LogP contribution is -2.38. The molecule has 164 valence electrons. The number of fused-ring (bicyclic) bond motifs is 2. The van der Waals surface area contributed by atoms with Gasteiger partial charge in [-0.15, -0.1) is 0 Å². The summed E-state index contributed by atoms with van der Waals surface area (Å²) in [7, 11) is 0. The van der Waals surface area contributed by atoms with Crippen molar-refractivity contribution in [1.82, 2.24) is 0 Å². The zero-order valence-electron chi connectivity index (χ0n) is 17.7. The summed E-state index contributed by atoms with van der Waals surface area (Å²) >= 11 is 0. The van der Waals surface area contributed by atoms with Crippen molar-refractivity contribution in [3.05, 3.63) is 35.5 Å². The zero-order chi connectivity index (χ0) is 22.2. The molecule has 6 atom stereocenters. The van der Waals surface area contributed by atoms with Crippen molar-refractivity contribution in [3.63, 3.8) is 0 Å². The van der Waals surface area contributed by atoms with Gasteiger partial charge in [-0.05, 0) is 38.5 Å². The van der Waals surface area contributed by atoms with Crippen molar-refractivity contribution in [1.29, 1.82) is 0 Å². The summed E-state index contributed by atoms with van der Waals surface area (Å²) in [5.74, 6) is -2.15. The third-order valence-electron chi connectivity index (χ3n) is 5.95.